The molecule has 0 saturated carbocycles. The van der Waals surface area contributed by atoms with Crippen LogP contribution in [-0.4, -0.2) is 10.2 Å². The Labute approximate surface area is 115 Å². The van der Waals surface area contributed by atoms with Gasteiger partial charge in [0, 0.05) is 11.0 Å². The van der Waals surface area contributed by atoms with Gasteiger partial charge in [-0.3, -0.25) is 5.10 Å². The Morgan fingerprint density at radius 3 is 2.05 bits per heavy atom. The van der Waals surface area contributed by atoms with Crippen LogP contribution in [0.3, 0.4) is 0 Å². The summed E-state index contributed by atoms with van der Waals surface area (Å²) < 4.78 is 37.7. The van der Waals surface area contributed by atoms with Gasteiger partial charge in [0.2, 0.25) is 0 Å². The van der Waals surface area contributed by atoms with Crippen molar-refractivity contribution >= 4 is 5.82 Å². The van der Waals surface area contributed by atoms with E-state index in [0.717, 1.165) is 17.8 Å². The van der Waals surface area contributed by atoms with Gasteiger partial charge in [-0.05, 0) is 17.7 Å². The van der Waals surface area contributed by atoms with Gasteiger partial charge in [0.1, 0.15) is 0 Å². The molecule has 0 aliphatic heterocycles. The number of hydrogen-bond donors (Lipinski definition) is 2. The van der Waals surface area contributed by atoms with E-state index < -0.39 is 11.7 Å². The number of nitrogens with zero attached hydrogens (tertiary/aromatic N) is 1. The molecule has 0 aliphatic rings. The van der Waals surface area contributed by atoms with Crippen LogP contribution in [0.4, 0.5) is 19.0 Å². The molecule has 0 spiro atoms. The van der Waals surface area contributed by atoms with Crippen LogP contribution in [0.5, 0.6) is 0 Å². The Bertz CT molecular complexity index is 604. The standard InChI is InChI=1S/C14H16F3N3/c1-13(2,3)11-10(12(18)20-19-11)8-4-6-9(7-5-8)14(15,16)17/h4-7H,1-3H3,(H3,18,19,20). The zero-order chi connectivity index (χ0) is 15.1. The average molecular weight is 283 g/mol. The summed E-state index contributed by atoms with van der Waals surface area (Å²) in [6.07, 6.45) is -4.34. The van der Waals surface area contributed by atoms with E-state index in [1.165, 1.54) is 12.1 Å². The summed E-state index contributed by atoms with van der Waals surface area (Å²) >= 11 is 0. The number of anilines is 1. The second kappa shape index (κ2) is 4.54. The number of nitrogen functional groups attached to an aromatic ring is 1. The first-order valence-corrected chi connectivity index (χ1v) is 6.12. The number of rotatable bonds is 1. The number of H-pyrrole nitrogens is 1. The van der Waals surface area contributed by atoms with Crippen molar-refractivity contribution in [2.75, 3.05) is 5.73 Å². The highest BCUT2D eigenvalue weighted by Crippen LogP contribution is 2.37. The topological polar surface area (TPSA) is 54.7 Å². The third-order valence-electron chi connectivity index (χ3n) is 3.05. The first-order chi connectivity index (χ1) is 9.10. The first kappa shape index (κ1) is 14.4. The largest absolute Gasteiger partial charge is 0.416 e. The molecule has 2 rings (SSSR count). The molecule has 2 aromatic rings. The van der Waals surface area contributed by atoms with E-state index >= 15 is 0 Å². The molecule has 6 heteroatoms. The van der Waals surface area contributed by atoms with Crippen molar-refractivity contribution in [3.8, 4) is 11.1 Å². The smallest absolute Gasteiger partial charge is 0.382 e. The summed E-state index contributed by atoms with van der Waals surface area (Å²) in [6.45, 7) is 5.94. The first-order valence-electron chi connectivity index (χ1n) is 6.12. The summed E-state index contributed by atoms with van der Waals surface area (Å²) in [5.74, 6) is 0.287. The molecule has 0 aliphatic carbocycles. The lowest BCUT2D eigenvalue weighted by molar-refractivity contribution is -0.137. The second-order valence-electron chi connectivity index (χ2n) is 5.68. The van der Waals surface area contributed by atoms with Crippen LogP contribution >= 0.6 is 0 Å². The summed E-state index contributed by atoms with van der Waals surface area (Å²) in [7, 11) is 0. The number of benzene rings is 1. The highest BCUT2D eigenvalue weighted by atomic mass is 19.4. The van der Waals surface area contributed by atoms with Gasteiger partial charge >= 0.3 is 6.18 Å². The van der Waals surface area contributed by atoms with Crippen LogP contribution in [0.15, 0.2) is 24.3 Å². The molecule has 0 fully saturated rings. The number of aromatic nitrogens is 2. The van der Waals surface area contributed by atoms with Gasteiger partial charge in [0.15, 0.2) is 5.82 Å². The quantitative estimate of drug-likeness (QED) is 0.831. The summed E-state index contributed by atoms with van der Waals surface area (Å²) in [5, 5.41) is 6.82. The number of aromatic amines is 1. The Hall–Kier alpha value is -1.98. The van der Waals surface area contributed by atoms with Crippen molar-refractivity contribution in [3.05, 3.63) is 35.5 Å². The monoisotopic (exact) mass is 283 g/mol. The van der Waals surface area contributed by atoms with E-state index in [1.54, 1.807) is 0 Å². The maximum absolute atomic E-state index is 12.6. The highest BCUT2D eigenvalue weighted by molar-refractivity contribution is 5.77. The Morgan fingerprint density at radius 2 is 1.60 bits per heavy atom. The summed E-state index contributed by atoms with van der Waals surface area (Å²) in [6, 6.07) is 4.93. The lowest BCUT2D eigenvalue weighted by atomic mass is 9.87. The Kier molecular flexibility index (Phi) is 3.28. The van der Waals surface area contributed by atoms with Gasteiger partial charge in [0.05, 0.1) is 11.3 Å². The van der Waals surface area contributed by atoms with E-state index in [-0.39, 0.29) is 11.2 Å². The molecular formula is C14H16F3N3. The third kappa shape index (κ3) is 2.64. The van der Waals surface area contributed by atoms with Gasteiger partial charge in [0.25, 0.3) is 0 Å². The van der Waals surface area contributed by atoms with Gasteiger partial charge in [-0.25, -0.2) is 0 Å². The SMILES string of the molecule is CC(C)(C)c1[nH]nc(N)c1-c1ccc(C(F)(F)F)cc1. The van der Waals surface area contributed by atoms with Crippen molar-refractivity contribution in [1.29, 1.82) is 0 Å². The fourth-order valence-electron chi connectivity index (χ4n) is 2.02. The van der Waals surface area contributed by atoms with E-state index in [4.69, 9.17) is 5.73 Å². The van der Waals surface area contributed by atoms with Gasteiger partial charge in [-0.1, -0.05) is 32.9 Å². The molecule has 0 atom stereocenters. The van der Waals surface area contributed by atoms with Gasteiger partial charge in [-0.2, -0.15) is 18.3 Å². The van der Waals surface area contributed by atoms with E-state index in [1.807, 2.05) is 20.8 Å². The van der Waals surface area contributed by atoms with Gasteiger partial charge in [-0.15, -0.1) is 0 Å². The van der Waals surface area contributed by atoms with Crippen LogP contribution in [0.1, 0.15) is 32.0 Å². The minimum Gasteiger partial charge on any atom is -0.382 e. The molecular weight excluding hydrogens is 267 g/mol. The molecule has 3 N–H and O–H groups in total. The molecule has 0 saturated heterocycles. The maximum atomic E-state index is 12.6. The fraction of sp³-hybridized carbons (Fsp3) is 0.357. The molecule has 1 aromatic carbocycles. The molecule has 108 valence electrons. The number of hydrogen-bond acceptors (Lipinski definition) is 2. The number of nitrogens with one attached hydrogen (secondary N) is 1. The van der Waals surface area contributed by atoms with E-state index in [9.17, 15) is 13.2 Å². The van der Waals surface area contributed by atoms with Crippen LogP contribution in [0.25, 0.3) is 11.1 Å². The highest BCUT2D eigenvalue weighted by Gasteiger charge is 2.30. The van der Waals surface area contributed by atoms with Crippen molar-refractivity contribution in [2.24, 2.45) is 0 Å². The summed E-state index contributed by atoms with van der Waals surface area (Å²) in [4.78, 5) is 0. The van der Waals surface area contributed by atoms with Crippen LogP contribution in [-0.2, 0) is 11.6 Å². The predicted octanol–water partition coefficient (Wildman–Crippen LogP) is 3.98. The van der Waals surface area contributed by atoms with Crippen molar-refractivity contribution in [3.63, 3.8) is 0 Å². The Balaban J connectivity index is 2.50. The van der Waals surface area contributed by atoms with E-state index in [2.05, 4.69) is 10.2 Å². The molecule has 1 aromatic heterocycles. The minimum absolute atomic E-state index is 0.233. The van der Waals surface area contributed by atoms with Crippen LogP contribution < -0.4 is 5.73 Å². The number of halogens is 3. The molecule has 0 unspecified atom stereocenters. The van der Waals surface area contributed by atoms with E-state index in [0.29, 0.717) is 11.1 Å². The van der Waals surface area contributed by atoms with Crippen molar-refractivity contribution in [2.45, 2.75) is 32.4 Å². The second-order valence-corrected chi connectivity index (χ2v) is 5.68. The van der Waals surface area contributed by atoms with Crippen molar-refractivity contribution < 1.29 is 13.2 Å². The maximum Gasteiger partial charge on any atom is 0.416 e. The Morgan fingerprint density at radius 1 is 1.05 bits per heavy atom. The molecule has 0 amide bonds. The lowest BCUT2D eigenvalue weighted by Crippen LogP contribution is -2.13. The zero-order valence-corrected chi connectivity index (χ0v) is 11.5. The number of nitrogens with two attached hydrogens (primary N) is 1. The van der Waals surface area contributed by atoms with Crippen LogP contribution in [0, 0.1) is 0 Å². The average Bonchev–Trinajstić information content (AvgIpc) is 2.70. The van der Waals surface area contributed by atoms with Crippen molar-refractivity contribution in [1.82, 2.24) is 10.2 Å². The zero-order valence-electron chi connectivity index (χ0n) is 11.5. The predicted molar refractivity (Wildman–Crippen MR) is 72.1 cm³/mol. The molecule has 0 bridgehead atoms. The van der Waals surface area contributed by atoms with Crippen LogP contribution in [0.2, 0.25) is 0 Å². The molecule has 3 nitrogen and oxygen atoms in total. The summed E-state index contributed by atoms with van der Waals surface area (Å²) in [5.41, 5.74) is 6.99. The minimum atomic E-state index is -4.34. The van der Waals surface area contributed by atoms with Gasteiger partial charge < -0.3 is 5.73 Å². The molecule has 1 heterocycles. The lowest BCUT2D eigenvalue weighted by Gasteiger charge is -2.19. The third-order valence-corrected chi connectivity index (χ3v) is 3.05. The molecule has 0 radical (unpaired) electrons. The number of alkyl halides is 3. The normalized spacial score (nSPS) is 12.7. The molecule has 20 heavy (non-hydrogen) atoms. The fourth-order valence-corrected chi connectivity index (χ4v) is 2.02.